The molecule has 0 spiro atoms. The normalized spacial score (nSPS) is 21.2. The van der Waals surface area contributed by atoms with E-state index in [1.165, 1.54) is 16.3 Å². The van der Waals surface area contributed by atoms with Crippen molar-refractivity contribution in [1.82, 2.24) is 0 Å². The van der Waals surface area contributed by atoms with Gasteiger partial charge in [-0.25, -0.2) is 0 Å². The zero-order chi connectivity index (χ0) is 10.3. The van der Waals surface area contributed by atoms with Gasteiger partial charge in [-0.3, -0.25) is 0 Å². The first kappa shape index (κ1) is 9.71. The fourth-order valence-electron chi connectivity index (χ4n) is 1.81. The van der Waals surface area contributed by atoms with Crippen LogP contribution < -0.4 is 4.52 Å². The molecule has 0 bridgehead atoms. The lowest BCUT2D eigenvalue weighted by Crippen LogP contribution is -2.00. The fourth-order valence-corrected chi connectivity index (χ4v) is 4.62. The number of rotatable bonds is 0. The van der Waals surface area contributed by atoms with Crippen LogP contribution in [0, 0.1) is 0 Å². The Bertz CT molecular complexity index is 553. The number of benzene rings is 2. The molecule has 0 N–H and O–H groups in total. The maximum Gasteiger partial charge on any atom is 0.138 e. The maximum atomic E-state index is 5.68. The van der Waals surface area contributed by atoms with Gasteiger partial charge in [0.1, 0.15) is 13.8 Å². The van der Waals surface area contributed by atoms with Gasteiger partial charge in [-0.1, -0.05) is 39.4 Å². The second-order valence-electron chi connectivity index (χ2n) is 3.44. The van der Waals surface area contributed by atoms with E-state index < -0.39 is 0 Å². The van der Waals surface area contributed by atoms with E-state index in [0.29, 0.717) is 8.01 Å². The summed E-state index contributed by atoms with van der Waals surface area (Å²) in [5.41, 5.74) is 1.30. The first-order valence-electron chi connectivity index (χ1n) is 4.66. The lowest BCUT2D eigenvalue weighted by Gasteiger charge is -2.19. The topological polar surface area (TPSA) is 9.23 Å². The minimum Gasteiger partial charge on any atom is -0.466 e. The molecule has 2 atom stereocenters. The van der Waals surface area contributed by atoms with E-state index in [9.17, 15) is 0 Å². The fraction of sp³-hybridized carbons (Fsp3) is 0.0909. The van der Waals surface area contributed by atoms with Crippen LogP contribution in [-0.2, 0) is 26.0 Å². The molecule has 1 aliphatic heterocycles. The molecule has 2 unspecified atom stereocenters. The molecule has 0 radical (unpaired) electrons. The molecule has 4 heteroatoms. The number of hydrogen-bond acceptors (Lipinski definition) is 2. The lowest BCUT2D eigenvalue weighted by atomic mass is 10.0. The van der Waals surface area contributed by atoms with Crippen LogP contribution in [0.2, 0.25) is 0 Å². The number of fused-ring (bicyclic) bond motifs is 3. The molecule has 0 saturated carbocycles. The van der Waals surface area contributed by atoms with Crippen LogP contribution in [0.25, 0.3) is 10.8 Å². The van der Waals surface area contributed by atoms with Gasteiger partial charge in [0.25, 0.3) is 0 Å². The van der Waals surface area contributed by atoms with Crippen LogP contribution in [0.1, 0.15) is 5.56 Å². The summed E-state index contributed by atoms with van der Waals surface area (Å²) in [6.07, 6.45) is 0. The van der Waals surface area contributed by atoms with E-state index in [2.05, 4.69) is 36.4 Å². The third-order valence-electron chi connectivity index (χ3n) is 2.52. The van der Waals surface area contributed by atoms with Crippen LogP contribution in [-0.4, -0.2) is 0 Å². The minimum absolute atomic E-state index is 0.0187. The molecule has 1 nitrogen and oxygen atoms in total. The summed E-state index contributed by atoms with van der Waals surface area (Å²) in [5.74, 6) is 2.02. The van der Waals surface area contributed by atoms with Crippen molar-refractivity contribution in [1.29, 1.82) is 0 Å². The van der Waals surface area contributed by atoms with Crippen molar-refractivity contribution in [3.8, 4) is 5.75 Å². The van der Waals surface area contributed by atoms with Crippen molar-refractivity contribution in [2.24, 2.45) is 0 Å². The second kappa shape index (κ2) is 3.82. The Kier molecular flexibility index (Phi) is 2.47. The van der Waals surface area contributed by atoms with Crippen molar-refractivity contribution in [3.05, 3.63) is 42.0 Å². The van der Waals surface area contributed by atoms with Crippen molar-refractivity contribution in [3.63, 3.8) is 0 Å². The zero-order valence-corrected chi connectivity index (χ0v) is 10.5. The molecular formula is C11H9OPS2. The van der Waals surface area contributed by atoms with E-state index in [1.807, 2.05) is 0 Å². The highest BCUT2D eigenvalue weighted by Crippen LogP contribution is 2.39. The molecule has 0 aromatic heterocycles. The Morgan fingerprint density at radius 2 is 2.07 bits per heavy atom. The zero-order valence-electron chi connectivity index (χ0n) is 7.90. The van der Waals surface area contributed by atoms with E-state index in [0.717, 1.165) is 11.5 Å². The van der Waals surface area contributed by atoms with Crippen LogP contribution >= 0.6 is 8.01 Å². The molecular weight excluding hydrogens is 243 g/mol. The highest BCUT2D eigenvalue weighted by atomic mass is 33.1. The van der Waals surface area contributed by atoms with Gasteiger partial charge in [-0.15, -0.1) is 0 Å². The van der Waals surface area contributed by atoms with Gasteiger partial charge in [0.2, 0.25) is 0 Å². The van der Waals surface area contributed by atoms with Gasteiger partial charge in [-0.2, -0.15) is 0 Å². The van der Waals surface area contributed by atoms with Crippen LogP contribution in [0.4, 0.5) is 0 Å². The summed E-state index contributed by atoms with van der Waals surface area (Å²) in [7, 11) is 0.437. The molecule has 2 aromatic carbocycles. The Morgan fingerprint density at radius 3 is 3.00 bits per heavy atom. The third-order valence-corrected chi connectivity index (χ3v) is 5.76. The molecule has 0 aliphatic carbocycles. The average molecular weight is 252 g/mol. The van der Waals surface area contributed by atoms with Crippen molar-refractivity contribution >= 4 is 39.0 Å². The molecule has 0 fully saturated rings. The Labute approximate surface area is 97.0 Å². The molecule has 0 amide bonds. The quantitative estimate of drug-likeness (QED) is 0.665. The summed E-state index contributed by atoms with van der Waals surface area (Å²) in [4.78, 5) is 0. The molecule has 1 heterocycles. The van der Waals surface area contributed by atoms with Crippen LogP contribution in [0.3, 0.4) is 0 Å². The van der Waals surface area contributed by atoms with E-state index in [4.69, 9.17) is 15.7 Å². The third kappa shape index (κ3) is 1.69. The summed E-state index contributed by atoms with van der Waals surface area (Å²) >= 11 is 5.34. The lowest BCUT2D eigenvalue weighted by molar-refractivity contribution is 0.634. The summed E-state index contributed by atoms with van der Waals surface area (Å²) < 4.78 is 5.68. The summed E-state index contributed by atoms with van der Waals surface area (Å²) in [6.45, 7) is 0. The Hall–Kier alpha value is -0.500. The molecule has 15 heavy (non-hydrogen) atoms. The van der Waals surface area contributed by atoms with Gasteiger partial charge in [-0.05, 0) is 28.0 Å². The van der Waals surface area contributed by atoms with E-state index >= 15 is 0 Å². The number of hydrogen-bond donors (Lipinski definition) is 0. The molecule has 3 rings (SSSR count). The van der Waals surface area contributed by atoms with Gasteiger partial charge in [0.05, 0.1) is 0 Å². The average Bonchev–Trinajstić information content (AvgIpc) is 2.29. The minimum atomic E-state index is -0.0187. The molecule has 76 valence electrons. The maximum absolute atomic E-state index is 5.68. The van der Waals surface area contributed by atoms with Gasteiger partial charge in [0.15, 0.2) is 0 Å². The smallest absolute Gasteiger partial charge is 0.138 e. The summed E-state index contributed by atoms with van der Waals surface area (Å²) in [6, 6.07) is 12.6. The van der Waals surface area contributed by atoms with Gasteiger partial charge < -0.3 is 4.52 Å². The largest absolute Gasteiger partial charge is 0.466 e. The molecule has 0 saturated heterocycles. The van der Waals surface area contributed by atoms with Crippen LogP contribution in [0.5, 0.6) is 5.75 Å². The van der Waals surface area contributed by atoms with Crippen molar-refractivity contribution in [2.75, 3.05) is 0 Å². The molecule has 2 aromatic rings. The SMILES string of the molecule is S=S1Cc2c(ccc3ccccc23)OP1. The predicted octanol–water partition coefficient (Wildman–Crippen LogP) is 3.32. The highest BCUT2D eigenvalue weighted by Gasteiger charge is 2.15. The summed E-state index contributed by atoms with van der Waals surface area (Å²) in [5, 5.41) is 2.57. The van der Waals surface area contributed by atoms with Crippen molar-refractivity contribution in [2.45, 2.75) is 5.75 Å². The van der Waals surface area contributed by atoms with Gasteiger partial charge in [0, 0.05) is 11.3 Å². The van der Waals surface area contributed by atoms with E-state index in [1.54, 1.807) is 0 Å². The standard InChI is InChI=1S/C11H9OPS2/c14-15-7-10-9-4-2-1-3-8(9)5-6-11(10)12-13-15/h1-6,13H,7H2. The van der Waals surface area contributed by atoms with Crippen LogP contribution in [0.15, 0.2) is 36.4 Å². The van der Waals surface area contributed by atoms with Crippen molar-refractivity contribution < 1.29 is 4.52 Å². The monoisotopic (exact) mass is 252 g/mol. The highest BCUT2D eigenvalue weighted by molar-refractivity contribution is 8.60. The second-order valence-corrected chi connectivity index (χ2v) is 8.86. The first-order valence-corrected chi connectivity index (χ1v) is 8.61. The van der Waals surface area contributed by atoms with Gasteiger partial charge >= 0.3 is 0 Å². The molecule has 1 aliphatic rings. The first-order chi connectivity index (χ1) is 7.34. The Morgan fingerprint density at radius 1 is 1.20 bits per heavy atom. The Balaban J connectivity index is 2.32. The van der Waals surface area contributed by atoms with E-state index in [-0.39, 0.29) is 9.07 Å². The predicted molar refractivity (Wildman–Crippen MR) is 71.3 cm³/mol.